The quantitative estimate of drug-likeness (QED) is 0.875. The molecule has 1 N–H and O–H groups in total. The number of aromatic nitrogens is 2. The zero-order chi connectivity index (χ0) is 16.1. The fraction of sp³-hybridized carbons (Fsp3) is 0.438. The molecule has 23 heavy (non-hydrogen) atoms. The smallest absolute Gasteiger partial charge is 0.241 e. The van der Waals surface area contributed by atoms with E-state index in [0.717, 1.165) is 30.5 Å². The molecule has 0 bridgehead atoms. The molecular formula is C16H22N4O2S. The summed E-state index contributed by atoms with van der Waals surface area (Å²) in [5.74, 6) is 0. The number of nitrogens with zero attached hydrogens (tertiary/aromatic N) is 3. The van der Waals surface area contributed by atoms with E-state index in [9.17, 15) is 8.42 Å². The van der Waals surface area contributed by atoms with Gasteiger partial charge in [-0.3, -0.25) is 0 Å². The summed E-state index contributed by atoms with van der Waals surface area (Å²) in [5.41, 5.74) is 2.09. The van der Waals surface area contributed by atoms with Gasteiger partial charge in [0.1, 0.15) is 0 Å². The van der Waals surface area contributed by atoms with Crippen LogP contribution in [0.2, 0.25) is 0 Å². The lowest BCUT2D eigenvalue weighted by atomic mass is 10.1. The molecule has 1 saturated heterocycles. The topological polar surface area (TPSA) is 67.2 Å². The van der Waals surface area contributed by atoms with Crippen LogP contribution in [0.3, 0.4) is 0 Å². The highest BCUT2D eigenvalue weighted by Gasteiger charge is 2.22. The minimum atomic E-state index is -3.33. The number of piperidine rings is 1. The minimum absolute atomic E-state index is 0.417. The van der Waals surface area contributed by atoms with Crippen molar-refractivity contribution >= 4 is 10.2 Å². The summed E-state index contributed by atoms with van der Waals surface area (Å²) in [6.45, 7) is 1.68. The van der Waals surface area contributed by atoms with Crippen molar-refractivity contribution < 1.29 is 8.42 Å². The standard InChI is InChI=1S/C16H22N4O2S/c21-23(22,19-12-2-1-3-13-19)18-11-9-15-5-7-16(8-6-15)20-14-4-10-17-20/h4-8,10,14,18H,1-3,9,11-13H2. The molecule has 2 heterocycles. The van der Waals surface area contributed by atoms with Gasteiger partial charge in [-0.25, -0.2) is 9.40 Å². The van der Waals surface area contributed by atoms with Gasteiger partial charge in [0.15, 0.2) is 0 Å². The number of nitrogens with one attached hydrogen (secondary N) is 1. The molecule has 0 unspecified atom stereocenters. The van der Waals surface area contributed by atoms with Crippen molar-refractivity contribution in [3.8, 4) is 5.69 Å². The Morgan fingerprint density at radius 2 is 1.83 bits per heavy atom. The number of benzene rings is 1. The number of hydrogen-bond donors (Lipinski definition) is 1. The normalized spacial score (nSPS) is 16.5. The SMILES string of the molecule is O=S(=O)(NCCc1ccc(-n2cccn2)cc1)N1CCCCC1. The van der Waals surface area contributed by atoms with Crippen LogP contribution in [0.25, 0.3) is 5.69 Å². The predicted molar refractivity (Wildman–Crippen MR) is 89.6 cm³/mol. The van der Waals surface area contributed by atoms with Crippen molar-refractivity contribution in [1.82, 2.24) is 18.8 Å². The highest BCUT2D eigenvalue weighted by molar-refractivity contribution is 7.87. The first-order valence-corrected chi connectivity index (χ1v) is 9.43. The molecule has 1 aliphatic heterocycles. The molecule has 1 aliphatic rings. The van der Waals surface area contributed by atoms with Crippen molar-refractivity contribution in [2.75, 3.05) is 19.6 Å². The summed E-state index contributed by atoms with van der Waals surface area (Å²) in [6.07, 6.45) is 7.33. The van der Waals surface area contributed by atoms with Gasteiger partial charge >= 0.3 is 0 Å². The molecule has 0 atom stereocenters. The fourth-order valence-electron chi connectivity index (χ4n) is 2.76. The number of hydrogen-bond acceptors (Lipinski definition) is 3. The summed E-state index contributed by atoms with van der Waals surface area (Å²) in [7, 11) is -3.33. The molecule has 1 fully saturated rings. The monoisotopic (exact) mass is 334 g/mol. The van der Waals surface area contributed by atoms with Crippen LogP contribution in [0.4, 0.5) is 0 Å². The van der Waals surface area contributed by atoms with E-state index in [1.54, 1.807) is 15.2 Å². The van der Waals surface area contributed by atoms with Crippen LogP contribution >= 0.6 is 0 Å². The molecule has 0 aliphatic carbocycles. The molecule has 0 amide bonds. The van der Waals surface area contributed by atoms with E-state index in [4.69, 9.17) is 0 Å². The van der Waals surface area contributed by atoms with Crippen molar-refractivity contribution in [2.24, 2.45) is 0 Å². The highest BCUT2D eigenvalue weighted by atomic mass is 32.2. The van der Waals surface area contributed by atoms with E-state index in [-0.39, 0.29) is 0 Å². The summed E-state index contributed by atoms with van der Waals surface area (Å²) in [4.78, 5) is 0. The first kappa shape index (κ1) is 16.2. The van der Waals surface area contributed by atoms with Crippen LogP contribution < -0.4 is 4.72 Å². The molecule has 7 heteroatoms. The summed E-state index contributed by atoms with van der Waals surface area (Å²) < 4.78 is 30.4. The molecule has 0 spiro atoms. The van der Waals surface area contributed by atoms with E-state index >= 15 is 0 Å². The molecule has 0 saturated carbocycles. The van der Waals surface area contributed by atoms with Gasteiger partial charge in [0.05, 0.1) is 5.69 Å². The fourth-order valence-corrected chi connectivity index (χ4v) is 4.04. The molecule has 1 aromatic heterocycles. The first-order valence-electron chi connectivity index (χ1n) is 7.99. The van der Waals surface area contributed by atoms with E-state index < -0.39 is 10.2 Å². The van der Waals surface area contributed by atoms with Crippen molar-refractivity contribution in [1.29, 1.82) is 0 Å². The van der Waals surface area contributed by atoms with E-state index in [1.807, 2.05) is 36.5 Å². The lowest BCUT2D eigenvalue weighted by Crippen LogP contribution is -2.43. The van der Waals surface area contributed by atoms with Gasteiger partial charge in [-0.05, 0) is 43.0 Å². The Balaban J connectivity index is 1.52. The Kier molecular flexibility index (Phi) is 5.09. The van der Waals surface area contributed by atoms with E-state index in [0.29, 0.717) is 26.1 Å². The molecular weight excluding hydrogens is 312 g/mol. The summed E-state index contributed by atoms with van der Waals surface area (Å²) >= 11 is 0. The van der Waals surface area contributed by atoms with Crippen molar-refractivity contribution in [2.45, 2.75) is 25.7 Å². The maximum atomic E-state index is 12.2. The second-order valence-electron chi connectivity index (χ2n) is 5.73. The molecule has 124 valence electrons. The molecule has 2 aromatic rings. The Morgan fingerprint density at radius 3 is 2.48 bits per heavy atom. The van der Waals surface area contributed by atoms with E-state index in [2.05, 4.69) is 9.82 Å². The van der Waals surface area contributed by atoms with E-state index in [1.165, 1.54) is 0 Å². The number of rotatable bonds is 6. The molecule has 0 radical (unpaired) electrons. The summed E-state index contributed by atoms with van der Waals surface area (Å²) in [5, 5.41) is 4.18. The van der Waals surface area contributed by atoms with Gasteiger partial charge < -0.3 is 0 Å². The molecule has 6 nitrogen and oxygen atoms in total. The van der Waals surface area contributed by atoms with Crippen LogP contribution in [0.1, 0.15) is 24.8 Å². The average molecular weight is 334 g/mol. The van der Waals surface area contributed by atoms with Gasteiger partial charge in [-0.2, -0.15) is 17.8 Å². The van der Waals surface area contributed by atoms with Crippen LogP contribution in [-0.2, 0) is 16.6 Å². The Hall–Kier alpha value is -1.70. The zero-order valence-corrected chi connectivity index (χ0v) is 13.9. The molecule has 1 aromatic carbocycles. The summed E-state index contributed by atoms with van der Waals surface area (Å²) in [6, 6.07) is 9.87. The third-order valence-corrected chi connectivity index (χ3v) is 5.67. The highest BCUT2D eigenvalue weighted by Crippen LogP contribution is 2.12. The lowest BCUT2D eigenvalue weighted by Gasteiger charge is -2.25. The Labute approximate surface area is 137 Å². The van der Waals surface area contributed by atoms with Crippen molar-refractivity contribution in [3.05, 3.63) is 48.3 Å². The van der Waals surface area contributed by atoms with Crippen LogP contribution in [0.15, 0.2) is 42.7 Å². The minimum Gasteiger partial charge on any atom is -0.241 e. The predicted octanol–water partition coefficient (Wildman–Crippen LogP) is 1.74. The third-order valence-electron chi connectivity index (χ3n) is 4.06. The van der Waals surface area contributed by atoms with Crippen LogP contribution in [0, 0.1) is 0 Å². The second kappa shape index (κ2) is 7.25. The van der Waals surface area contributed by atoms with Gasteiger partial charge in [-0.1, -0.05) is 18.6 Å². The van der Waals surface area contributed by atoms with Gasteiger partial charge in [0, 0.05) is 32.0 Å². The van der Waals surface area contributed by atoms with Gasteiger partial charge in [-0.15, -0.1) is 0 Å². The third kappa shape index (κ3) is 4.19. The Bertz CT molecular complexity index is 705. The maximum absolute atomic E-state index is 12.2. The maximum Gasteiger partial charge on any atom is 0.279 e. The lowest BCUT2D eigenvalue weighted by molar-refractivity contribution is 0.342. The van der Waals surface area contributed by atoms with Crippen LogP contribution in [-0.4, -0.2) is 42.1 Å². The van der Waals surface area contributed by atoms with Gasteiger partial charge in [0.25, 0.3) is 10.2 Å². The first-order chi connectivity index (χ1) is 11.1. The van der Waals surface area contributed by atoms with Crippen molar-refractivity contribution in [3.63, 3.8) is 0 Å². The largest absolute Gasteiger partial charge is 0.279 e. The average Bonchev–Trinajstić information content (AvgIpc) is 3.11. The Morgan fingerprint density at radius 1 is 1.09 bits per heavy atom. The van der Waals surface area contributed by atoms with Gasteiger partial charge in [0.2, 0.25) is 0 Å². The zero-order valence-electron chi connectivity index (χ0n) is 13.1. The van der Waals surface area contributed by atoms with Crippen LogP contribution in [0.5, 0.6) is 0 Å². The second-order valence-corrected chi connectivity index (χ2v) is 7.48. The molecule has 3 rings (SSSR count).